The minimum atomic E-state index is -0.0827. The van der Waals surface area contributed by atoms with Crippen LogP contribution in [0.15, 0.2) is 6.20 Å². The van der Waals surface area contributed by atoms with Gasteiger partial charge in [-0.25, -0.2) is 0 Å². The van der Waals surface area contributed by atoms with Crippen LogP contribution in [0.5, 0.6) is 0 Å². The zero-order chi connectivity index (χ0) is 10.6. The Bertz CT molecular complexity index is 322. The standard InChI is InChI=1S/C9H14ClN3O/c1-7-8(6-13(2)12-7)9(14)11-5-3-4-10/h6H,3-5H2,1-2H3,(H,11,14). The number of carbonyl (C=O) groups is 1. The number of aryl methyl sites for hydroxylation is 2. The van der Waals surface area contributed by atoms with Gasteiger partial charge >= 0.3 is 0 Å². The maximum absolute atomic E-state index is 11.5. The molecule has 0 saturated carbocycles. The number of nitrogens with one attached hydrogen (secondary N) is 1. The number of alkyl halides is 1. The normalized spacial score (nSPS) is 10.2. The van der Waals surface area contributed by atoms with Gasteiger partial charge in [-0.1, -0.05) is 0 Å². The summed E-state index contributed by atoms with van der Waals surface area (Å²) in [7, 11) is 1.79. The highest BCUT2D eigenvalue weighted by molar-refractivity contribution is 6.17. The molecular weight excluding hydrogens is 202 g/mol. The molecule has 0 fully saturated rings. The molecule has 0 aliphatic carbocycles. The molecule has 0 aliphatic rings. The van der Waals surface area contributed by atoms with Crippen LogP contribution in [0.3, 0.4) is 0 Å². The molecule has 1 aromatic heterocycles. The molecule has 0 bridgehead atoms. The average molecular weight is 216 g/mol. The van der Waals surface area contributed by atoms with Crippen molar-refractivity contribution in [3.8, 4) is 0 Å². The van der Waals surface area contributed by atoms with Gasteiger partial charge in [0.1, 0.15) is 0 Å². The second-order valence-electron chi connectivity index (χ2n) is 3.10. The van der Waals surface area contributed by atoms with Gasteiger partial charge in [0.05, 0.1) is 11.3 Å². The number of aromatic nitrogens is 2. The Labute approximate surface area is 88.2 Å². The summed E-state index contributed by atoms with van der Waals surface area (Å²) in [6.07, 6.45) is 2.50. The van der Waals surface area contributed by atoms with Gasteiger partial charge in [0, 0.05) is 25.7 Å². The average Bonchev–Trinajstić information content (AvgIpc) is 2.45. The van der Waals surface area contributed by atoms with Crippen molar-refractivity contribution >= 4 is 17.5 Å². The molecule has 5 heteroatoms. The lowest BCUT2D eigenvalue weighted by Crippen LogP contribution is -2.24. The molecule has 1 amide bonds. The van der Waals surface area contributed by atoms with Gasteiger partial charge < -0.3 is 5.32 Å². The van der Waals surface area contributed by atoms with Gasteiger partial charge in [-0.15, -0.1) is 11.6 Å². The van der Waals surface area contributed by atoms with E-state index in [1.165, 1.54) is 0 Å². The van der Waals surface area contributed by atoms with E-state index in [4.69, 9.17) is 11.6 Å². The fourth-order valence-corrected chi connectivity index (χ4v) is 1.32. The van der Waals surface area contributed by atoms with Crippen LogP contribution in [0.25, 0.3) is 0 Å². The SMILES string of the molecule is Cc1nn(C)cc1C(=O)NCCCCl. The van der Waals surface area contributed by atoms with Crippen molar-refractivity contribution in [1.29, 1.82) is 0 Å². The molecule has 0 unspecified atom stereocenters. The van der Waals surface area contributed by atoms with E-state index >= 15 is 0 Å². The predicted octanol–water partition coefficient (Wildman–Crippen LogP) is 1.09. The van der Waals surface area contributed by atoms with E-state index in [-0.39, 0.29) is 5.91 Å². The molecule has 0 saturated heterocycles. The van der Waals surface area contributed by atoms with E-state index in [0.717, 1.165) is 12.1 Å². The molecule has 4 nitrogen and oxygen atoms in total. The van der Waals surface area contributed by atoms with E-state index in [2.05, 4.69) is 10.4 Å². The molecule has 0 radical (unpaired) electrons. The maximum atomic E-state index is 11.5. The van der Waals surface area contributed by atoms with E-state index in [0.29, 0.717) is 18.0 Å². The number of amides is 1. The third kappa shape index (κ3) is 2.73. The molecule has 0 spiro atoms. The summed E-state index contributed by atoms with van der Waals surface area (Å²) in [6, 6.07) is 0. The minimum Gasteiger partial charge on any atom is -0.352 e. The quantitative estimate of drug-likeness (QED) is 0.604. The van der Waals surface area contributed by atoms with Gasteiger partial charge in [0.15, 0.2) is 0 Å². The molecule has 1 heterocycles. The lowest BCUT2D eigenvalue weighted by atomic mass is 10.2. The summed E-state index contributed by atoms with van der Waals surface area (Å²) in [5.74, 6) is 0.479. The highest BCUT2D eigenvalue weighted by Crippen LogP contribution is 2.03. The van der Waals surface area contributed by atoms with Gasteiger partial charge in [-0.3, -0.25) is 9.48 Å². The van der Waals surface area contributed by atoms with Crippen LogP contribution in [0.1, 0.15) is 22.5 Å². The van der Waals surface area contributed by atoms with Crippen molar-refractivity contribution in [3.63, 3.8) is 0 Å². The Morgan fingerprint density at radius 3 is 2.93 bits per heavy atom. The van der Waals surface area contributed by atoms with Gasteiger partial charge in [-0.2, -0.15) is 5.10 Å². The number of halogens is 1. The van der Waals surface area contributed by atoms with Crippen LogP contribution in [0, 0.1) is 6.92 Å². The Balaban J connectivity index is 2.56. The lowest BCUT2D eigenvalue weighted by Gasteiger charge is -2.01. The van der Waals surface area contributed by atoms with E-state index in [1.54, 1.807) is 17.9 Å². The van der Waals surface area contributed by atoms with Gasteiger partial charge in [0.25, 0.3) is 5.91 Å². The van der Waals surface area contributed by atoms with Crippen LogP contribution in [-0.4, -0.2) is 28.1 Å². The predicted molar refractivity (Wildman–Crippen MR) is 55.6 cm³/mol. The third-order valence-corrected chi connectivity index (χ3v) is 2.12. The molecule has 1 rings (SSSR count). The second-order valence-corrected chi connectivity index (χ2v) is 3.48. The summed E-state index contributed by atoms with van der Waals surface area (Å²) in [6.45, 7) is 2.42. The van der Waals surface area contributed by atoms with E-state index in [9.17, 15) is 4.79 Å². The number of carbonyl (C=O) groups excluding carboxylic acids is 1. The largest absolute Gasteiger partial charge is 0.352 e. The summed E-state index contributed by atoms with van der Waals surface area (Å²) in [5.41, 5.74) is 1.37. The summed E-state index contributed by atoms with van der Waals surface area (Å²) in [5, 5.41) is 6.87. The molecule has 0 aromatic carbocycles. The number of hydrogen-bond acceptors (Lipinski definition) is 2. The minimum absolute atomic E-state index is 0.0827. The third-order valence-electron chi connectivity index (χ3n) is 1.85. The Kier molecular flexibility index (Phi) is 3.95. The fraction of sp³-hybridized carbons (Fsp3) is 0.556. The monoisotopic (exact) mass is 215 g/mol. The van der Waals surface area contributed by atoms with Crippen LogP contribution < -0.4 is 5.32 Å². The Hall–Kier alpha value is -1.03. The first-order valence-corrected chi connectivity index (χ1v) is 5.03. The summed E-state index contributed by atoms with van der Waals surface area (Å²) in [4.78, 5) is 11.5. The van der Waals surface area contributed by atoms with Crippen LogP contribution >= 0.6 is 11.6 Å². The topological polar surface area (TPSA) is 46.9 Å². The Morgan fingerprint density at radius 2 is 2.43 bits per heavy atom. The van der Waals surface area contributed by atoms with Crippen molar-refractivity contribution in [2.75, 3.05) is 12.4 Å². The summed E-state index contributed by atoms with van der Waals surface area (Å²) < 4.78 is 1.63. The van der Waals surface area contributed by atoms with Gasteiger partial charge in [-0.05, 0) is 13.3 Å². The number of hydrogen-bond donors (Lipinski definition) is 1. The van der Waals surface area contributed by atoms with Crippen molar-refractivity contribution in [2.45, 2.75) is 13.3 Å². The molecule has 1 N–H and O–H groups in total. The van der Waals surface area contributed by atoms with Crippen molar-refractivity contribution in [1.82, 2.24) is 15.1 Å². The Morgan fingerprint density at radius 1 is 1.71 bits per heavy atom. The first-order chi connectivity index (χ1) is 6.65. The van der Waals surface area contributed by atoms with Crippen LogP contribution in [0.4, 0.5) is 0 Å². The van der Waals surface area contributed by atoms with E-state index in [1.807, 2.05) is 6.92 Å². The zero-order valence-corrected chi connectivity index (χ0v) is 9.14. The van der Waals surface area contributed by atoms with Gasteiger partial charge in [0.2, 0.25) is 0 Å². The number of nitrogens with zero attached hydrogens (tertiary/aromatic N) is 2. The fourth-order valence-electron chi connectivity index (χ4n) is 1.19. The van der Waals surface area contributed by atoms with Crippen LogP contribution in [0.2, 0.25) is 0 Å². The summed E-state index contributed by atoms with van der Waals surface area (Å²) >= 11 is 5.50. The van der Waals surface area contributed by atoms with E-state index < -0.39 is 0 Å². The second kappa shape index (κ2) is 5.00. The first-order valence-electron chi connectivity index (χ1n) is 4.49. The lowest BCUT2D eigenvalue weighted by molar-refractivity contribution is 0.0953. The molecule has 78 valence electrons. The number of rotatable bonds is 4. The van der Waals surface area contributed by atoms with Crippen molar-refractivity contribution < 1.29 is 4.79 Å². The zero-order valence-electron chi connectivity index (χ0n) is 8.38. The molecule has 0 aliphatic heterocycles. The highest BCUT2D eigenvalue weighted by atomic mass is 35.5. The molecule has 1 aromatic rings. The highest BCUT2D eigenvalue weighted by Gasteiger charge is 2.10. The van der Waals surface area contributed by atoms with Crippen molar-refractivity contribution in [3.05, 3.63) is 17.5 Å². The molecular formula is C9H14ClN3O. The van der Waals surface area contributed by atoms with Crippen LogP contribution in [-0.2, 0) is 7.05 Å². The molecule has 14 heavy (non-hydrogen) atoms. The maximum Gasteiger partial charge on any atom is 0.254 e. The van der Waals surface area contributed by atoms with Crippen molar-refractivity contribution in [2.24, 2.45) is 7.05 Å². The molecule has 0 atom stereocenters. The smallest absolute Gasteiger partial charge is 0.254 e. The first kappa shape index (κ1) is 11.0.